The molecule has 0 radical (unpaired) electrons. The molecule has 4 nitrogen and oxygen atoms in total. The molecule has 0 unspecified atom stereocenters. The number of benzene rings is 2. The Hall–Kier alpha value is -2.70. The van der Waals surface area contributed by atoms with Gasteiger partial charge in [0.05, 0.1) is 19.2 Å². The summed E-state index contributed by atoms with van der Waals surface area (Å²) in [5.41, 5.74) is -0.413. The Morgan fingerprint density at radius 3 is 2.35 bits per heavy atom. The molecule has 0 aliphatic heterocycles. The van der Waals surface area contributed by atoms with Crippen LogP contribution in [0.4, 0.5) is 24.5 Å². The summed E-state index contributed by atoms with van der Waals surface area (Å²) in [6, 6.07) is 11.6. The summed E-state index contributed by atoms with van der Waals surface area (Å²) >= 11 is 0. The number of hydrogen-bond donors (Lipinski definition) is 2. The van der Waals surface area contributed by atoms with Crippen LogP contribution in [0.2, 0.25) is 0 Å². The number of rotatable bonds is 5. The summed E-state index contributed by atoms with van der Waals surface area (Å²) in [5.74, 6) is 0.187. The summed E-state index contributed by atoms with van der Waals surface area (Å²) in [5, 5.41) is 5.09. The Morgan fingerprint density at radius 1 is 1.09 bits per heavy atom. The molecule has 0 fully saturated rings. The van der Waals surface area contributed by atoms with E-state index in [2.05, 4.69) is 10.6 Å². The number of carbonyl (C=O) groups excluding carboxylic acids is 1. The minimum atomic E-state index is -4.48. The standard InChI is InChI=1S/C16H15F3N2O2/c1-23-12-8-6-11(7-9-12)21-15(22)10-20-14-5-3-2-4-13(14)16(17,18)19/h2-9,20H,10H2,1H3,(H,21,22). The number of methoxy groups -OCH3 is 1. The number of halogens is 3. The highest BCUT2D eigenvalue weighted by atomic mass is 19.4. The van der Waals surface area contributed by atoms with E-state index < -0.39 is 17.6 Å². The number of amides is 1. The van der Waals surface area contributed by atoms with Gasteiger partial charge >= 0.3 is 6.18 Å². The molecule has 2 rings (SSSR count). The first-order valence-electron chi connectivity index (χ1n) is 6.74. The van der Waals surface area contributed by atoms with Crippen molar-refractivity contribution in [3.8, 4) is 5.75 Å². The van der Waals surface area contributed by atoms with Crippen molar-refractivity contribution in [2.24, 2.45) is 0 Å². The van der Waals surface area contributed by atoms with Gasteiger partial charge in [0.2, 0.25) is 5.91 Å². The van der Waals surface area contributed by atoms with Gasteiger partial charge in [-0.3, -0.25) is 4.79 Å². The minimum absolute atomic E-state index is 0.134. The molecule has 0 saturated carbocycles. The van der Waals surface area contributed by atoms with Gasteiger partial charge in [0, 0.05) is 11.4 Å². The second kappa shape index (κ2) is 7.04. The molecule has 0 heterocycles. The van der Waals surface area contributed by atoms with Crippen LogP contribution in [-0.2, 0) is 11.0 Å². The number of ether oxygens (including phenoxy) is 1. The van der Waals surface area contributed by atoms with Crippen molar-refractivity contribution < 1.29 is 22.7 Å². The van der Waals surface area contributed by atoms with Crippen molar-refractivity contribution in [1.29, 1.82) is 0 Å². The van der Waals surface area contributed by atoms with Gasteiger partial charge in [0.25, 0.3) is 0 Å². The van der Waals surface area contributed by atoms with Crippen molar-refractivity contribution in [1.82, 2.24) is 0 Å². The Kier molecular flexibility index (Phi) is 5.10. The maximum atomic E-state index is 12.8. The van der Waals surface area contributed by atoms with Gasteiger partial charge in [0.1, 0.15) is 5.75 Å². The molecule has 2 N–H and O–H groups in total. The molecule has 0 aromatic heterocycles. The van der Waals surface area contributed by atoms with Crippen LogP contribution in [0.5, 0.6) is 5.75 Å². The highest BCUT2D eigenvalue weighted by Gasteiger charge is 2.33. The second-order valence-corrected chi connectivity index (χ2v) is 4.67. The first kappa shape index (κ1) is 16.7. The summed E-state index contributed by atoms with van der Waals surface area (Å²) in [4.78, 5) is 11.8. The quantitative estimate of drug-likeness (QED) is 0.880. The largest absolute Gasteiger partial charge is 0.497 e. The molecule has 0 aliphatic rings. The van der Waals surface area contributed by atoms with Gasteiger partial charge in [-0.1, -0.05) is 12.1 Å². The Morgan fingerprint density at radius 2 is 1.74 bits per heavy atom. The predicted molar refractivity (Wildman–Crippen MR) is 81.6 cm³/mol. The molecule has 23 heavy (non-hydrogen) atoms. The molecule has 7 heteroatoms. The third kappa shape index (κ3) is 4.64. The smallest absolute Gasteiger partial charge is 0.418 e. The first-order chi connectivity index (χ1) is 10.9. The fourth-order valence-electron chi connectivity index (χ4n) is 1.94. The van der Waals surface area contributed by atoms with Crippen LogP contribution < -0.4 is 15.4 Å². The van der Waals surface area contributed by atoms with Gasteiger partial charge in [-0.25, -0.2) is 0 Å². The zero-order valence-electron chi connectivity index (χ0n) is 12.3. The maximum absolute atomic E-state index is 12.8. The van der Waals surface area contributed by atoms with E-state index in [0.29, 0.717) is 11.4 Å². The van der Waals surface area contributed by atoms with E-state index in [1.807, 2.05) is 0 Å². The molecule has 0 spiro atoms. The van der Waals surface area contributed by atoms with E-state index >= 15 is 0 Å². The molecular formula is C16H15F3N2O2. The van der Waals surface area contributed by atoms with E-state index in [4.69, 9.17) is 4.74 Å². The lowest BCUT2D eigenvalue weighted by Crippen LogP contribution is -2.23. The lowest BCUT2D eigenvalue weighted by Gasteiger charge is -2.14. The van der Waals surface area contributed by atoms with Gasteiger partial charge in [-0.2, -0.15) is 13.2 Å². The predicted octanol–water partition coefficient (Wildman–Crippen LogP) is 3.76. The SMILES string of the molecule is COc1ccc(NC(=O)CNc2ccccc2C(F)(F)F)cc1. The first-order valence-corrected chi connectivity index (χ1v) is 6.74. The van der Waals surface area contributed by atoms with Gasteiger partial charge < -0.3 is 15.4 Å². The molecule has 0 saturated heterocycles. The fraction of sp³-hybridized carbons (Fsp3) is 0.188. The molecular weight excluding hydrogens is 309 g/mol. The number of anilines is 2. The van der Waals surface area contributed by atoms with E-state index in [1.165, 1.54) is 25.3 Å². The summed E-state index contributed by atoms with van der Waals surface area (Å²) < 4.78 is 43.5. The van der Waals surface area contributed by atoms with Crippen LogP contribution in [0.3, 0.4) is 0 Å². The molecule has 2 aromatic carbocycles. The zero-order valence-corrected chi connectivity index (χ0v) is 12.3. The van der Waals surface area contributed by atoms with Crippen LogP contribution in [0.25, 0.3) is 0 Å². The van der Waals surface area contributed by atoms with Crippen LogP contribution in [0.1, 0.15) is 5.56 Å². The summed E-state index contributed by atoms with van der Waals surface area (Å²) in [6.07, 6.45) is -4.48. The third-order valence-electron chi connectivity index (χ3n) is 3.05. The fourth-order valence-corrected chi connectivity index (χ4v) is 1.94. The molecule has 0 atom stereocenters. The highest BCUT2D eigenvalue weighted by molar-refractivity contribution is 5.93. The van der Waals surface area contributed by atoms with E-state index in [-0.39, 0.29) is 12.2 Å². The molecule has 0 bridgehead atoms. The van der Waals surface area contributed by atoms with Gasteiger partial charge in [0.15, 0.2) is 0 Å². The Balaban J connectivity index is 1.97. The molecule has 2 aromatic rings. The van der Waals surface area contributed by atoms with Crippen molar-refractivity contribution in [3.63, 3.8) is 0 Å². The molecule has 0 aliphatic carbocycles. The Labute approximate surface area is 131 Å². The maximum Gasteiger partial charge on any atom is 0.418 e. The van der Waals surface area contributed by atoms with Crippen LogP contribution in [0.15, 0.2) is 48.5 Å². The molecule has 1 amide bonds. The molecule has 122 valence electrons. The van der Waals surface area contributed by atoms with Crippen LogP contribution in [0, 0.1) is 0 Å². The monoisotopic (exact) mass is 324 g/mol. The van der Waals surface area contributed by atoms with E-state index in [1.54, 1.807) is 24.3 Å². The highest BCUT2D eigenvalue weighted by Crippen LogP contribution is 2.34. The average Bonchev–Trinajstić information content (AvgIpc) is 2.53. The number of alkyl halides is 3. The van der Waals surface area contributed by atoms with Gasteiger partial charge in [-0.05, 0) is 36.4 Å². The van der Waals surface area contributed by atoms with Crippen molar-refractivity contribution in [2.45, 2.75) is 6.18 Å². The van der Waals surface area contributed by atoms with Crippen molar-refractivity contribution in [3.05, 3.63) is 54.1 Å². The summed E-state index contributed by atoms with van der Waals surface area (Å²) in [6.45, 7) is -0.279. The topological polar surface area (TPSA) is 50.4 Å². The number of nitrogens with one attached hydrogen (secondary N) is 2. The number of carbonyl (C=O) groups is 1. The van der Waals surface area contributed by atoms with Crippen LogP contribution in [-0.4, -0.2) is 19.6 Å². The lowest BCUT2D eigenvalue weighted by molar-refractivity contribution is -0.137. The summed E-state index contributed by atoms with van der Waals surface area (Å²) in [7, 11) is 1.52. The minimum Gasteiger partial charge on any atom is -0.497 e. The van der Waals surface area contributed by atoms with Crippen molar-refractivity contribution in [2.75, 3.05) is 24.3 Å². The third-order valence-corrected chi connectivity index (χ3v) is 3.05. The Bertz CT molecular complexity index is 670. The number of hydrogen-bond acceptors (Lipinski definition) is 3. The average molecular weight is 324 g/mol. The van der Waals surface area contributed by atoms with Gasteiger partial charge in [-0.15, -0.1) is 0 Å². The number of para-hydroxylation sites is 1. The van der Waals surface area contributed by atoms with E-state index in [0.717, 1.165) is 6.07 Å². The lowest BCUT2D eigenvalue weighted by atomic mass is 10.1. The van der Waals surface area contributed by atoms with Crippen LogP contribution >= 0.6 is 0 Å². The van der Waals surface area contributed by atoms with Crippen molar-refractivity contribution >= 4 is 17.3 Å². The normalized spacial score (nSPS) is 11.0. The second-order valence-electron chi connectivity index (χ2n) is 4.67. The zero-order chi connectivity index (χ0) is 16.9. The van der Waals surface area contributed by atoms with E-state index in [9.17, 15) is 18.0 Å².